The number of hydrogen-bond donors (Lipinski definition) is 1. The molecule has 0 saturated heterocycles. The average molecular weight is 446 g/mol. The van der Waals surface area contributed by atoms with E-state index < -0.39 is 11.6 Å². The fourth-order valence-corrected chi connectivity index (χ4v) is 3.83. The van der Waals surface area contributed by atoms with E-state index in [1.807, 2.05) is 93.6 Å². The van der Waals surface area contributed by atoms with E-state index in [4.69, 9.17) is 14.2 Å². The Kier molecular flexibility index (Phi) is 6.99. The number of carbonyl (C=O) groups excluding carboxylic acids is 1. The van der Waals surface area contributed by atoms with Crippen molar-refractivity contribution in [3.8, 4) is 11.5 Å². The maximum absolute atomic E-state index is 12.9. The number of esters is 1. The molecular weight excluding hydrogens is 414 g/mol. The highest BCUT2D eigenvalue weighted by atomic mass is 16.6. The number of benzene rings is 3. The first-order valence-electron chi connectivity index (χ1n) is 11.4. The third-order valence-electron chi connectivity index (χ3n) is 5.38. The zero-order chi connectivity index (χ0) is 23.3. The van der Waals surface area contributed by atoms with Crippen LogP contribution in [0.1, 0.15) is 49.1 Å². The standard InChI is InChI=1S/C28H31NO4/c1-28(2,3)33-27(30)26-23-17-25(32-19-21-12-8-5-9-13-21)24(16-22(23)14-15-29-26)31-18-20-10-6-4-7-11-20/h4-13,16-17,26,29H,14-15,18-19H2,1-3H3. The van der Waals surface area contributed by atoms with Crippen LogP contribution in [0.2, 0.25) is 0 Å². The van der Waals surface area contributed by atoms with Crippen LogP contribution < -0.4 is 14.8 Å². The Labute approximate surface area is 195 Å². The Morgan fingerprint density at radius 2 is 1.42 bits per heavy atom. The van der Waals surface area contributed by atoms with E-state index in [9.17, 15) is 4.79 Å². The molecule has 0 spiro atoms. The van der Waals surface area contributed by atoms with Crippen molar-refractivity contribution in [2.75, 3.05) is 6.54 Å². The third-order valence-corrected chi connectivity index (χ3v) is 5.38. The van der Waals surface area contributed by atoms with Crippen molar-refractivity contribution in [1.82, 2.24) is 5.32 Å². The van der Waals surface area contributed by atoms with Crippen molar-refractivity contribution >= 4 is 5.97 Å². The van der Waals surface area contributed by atoms with Crippen LogP contribution >= 0.6 is 0 Å². The fraction of sp³-hybridized carbons (Fsp3) is 0.321. The molecule has 172 valence electrons. The minimum absolute atomic E-state index is 0.282. The van der Waals surface area contributed by atoms with Gasteiger partial charge in [0.05, 0.1) is 0 Å². The molecule has 3 aromatic carbocycles. The van der Waals surface area contributed by atoms with Gasteiger partial charge in [0.25, 0.3) is 0 Å². The first-order chi connectivity index (χ1) is 15.9. The van der Waals surface area contributed by atoms with Gasteiger partial charge in [0.1, 0.15) is 24.9 Å². The second-order valence-corrected chi connectivity index (χ2v) is 9.22. The average Bonchev–Trinajstić information content (AvgIpc) is 2.81. The van der Waals surface area contributed by atoms with Gasteiger partial charge in [-0.2, -0.15) is 0 Å². The molecular formula is C28H31NO4. The minimum atomic E-state index is -0.554. The summed E-state index contributed by atoms with van der Waals surface area (Å²) in [5.41, 5.74) is 3.54. The van der Waals surface area contributed by atoms with Crippen molar-refractivity contribution in [1.29, 1.82) is 0 Å². The summed E-state index contributed by atoms with van der Waals surface area (Å²) in [7, 11) is 0. The van der Waals surface area contributed by atoms with E-state index >= 15 is 0 Å². The molecule has 1 N–H and O–H groups in total. The monoisotopic (exact) mass is 445 g/mol. The van der Waals surface area contributed by atoms with Gasteiger partial charge in [0.15, 0.2) is 11.5 Å². The first kappa shape index (κ1) is 22.9. The molecule has 0 bridgehead atoms. The van der Waals surface area contributed by atoms with Gasteiger partial charge in [0.2, 0.25) is 0 Å². The topological polar surface area (TPSA) is 56.8 Å². The molecule has 4 rings (SSSR count). The molecule has 1 unspecified atom stereocenters. The molecule has 3 aromatic rings. The van der Waals surface area contributed by atoms with Crippen LogP contribution in [0.4, 0.5) is 0 Å². The van der Waals surface area contributed by atoms with Gasteiger partial charge >= 0.3 is 5.97 Å². The van der Waals surface area contributed by atoms with Gasteiger partial charge < -0.3 is 19.5 Å². The van der Waals surface area contributed by atoms with Crippen molar-refractivity contribution in [2.24, 2.45) is 0 Å². The summed E-state index contributed by atoms with van der Waals surface area (Å²) < 4.78 is 18.1. The van der Waals surface area contributed by atoms with Crippen molar-refractivity contribution in [3.63, 3.8) is 0 Å². The fourth-order valence-electron chi connectivity index (χ4n) is 3.83. The molecule has 0 saturated carbocycles. The number of fused-ring (bicyclic) bond motifs is 1. The van der Waals surface area contributed by atoms with E-state index in [-0.39, 0.29) is 5.97 Å². The van der Waals surface area contributed by atoms with Crippen LogP contribution in [-0.2, 0) is 29.2 Å². The molecule has 0 fully saturated rings. The maximum Gasteiger partial charge on any atom is 0.328 e. The first-order valence-corrected chi connectivity index (χ1v) is 11.4. The zero-order valence-electron chi connectivity index (χ0n) is 19.5. The normalized spacial score (nSPS) is 15.4. The van der Waals surface area contributed by atoms with Crippen LogP contribution in [0.15, 0.2) is 72.8 Å². The summed E-state index contributed by atoms with van der Waals surface area (Å²) in [6.45, 7) is 7.18. The lowest BCUT2D eigenvalue weighted by Gasteiger charge is -2.30. The summed E-state index contributed by atoms with van der Waals surface area (Å²) in [5, 5.41) is 3.31. The molecule has 1 heterocycles. The Bertz CT molecular complexity index is 1070. The lowest BCUT2D eigenvalue weighted by molar-refractivity contribution is -0.157. The van der Waals surface area contributed by atoms with Crippen LogP contribution in [-0.4, -0.2) is 18.1 Å². The molecule has 1 aliphatic rings. The van der Waals surface area contributed by atoms with Gasteiger partial charge in [0, 0.05) is 6.54 Å². The van der Waals surface area contributed by atoms with E-state index in [1.54, 1.807) is 0 Å². The highest BCUT2D eigenvalue weighted by molar-refractivity contribution is 5.79. The predicted molar refractivity (Wildman–Crippen MR) is 128 cm³/mol. The molecule has 0 amide bonds. The Hall–Kier alpha value is -3.31. The van der Waals surface area contributed by atoms with Crippen LogP contribution in [0.25, 0.3) is 0 Å². The number of carbonyl (C=O) groups is 1. The highest BCUT2D eigenvalue weighted by Crippen LogP contribution is 2.37. The van der Waals surface area contributed by atoms with Crippen molar-refractivity contribution < 1.29 is 19.0 Å². The summed E-state index contributed by atoms with van der Waals surface area (Å²) in [6, 6.07) is 23.4. The molecule has 0 radical (unpaired) electrons. The van der Waals surface area contributed by atoms with E-state index in [2.05, 4.69) is 5.32 Å². The van der Waals surface area contributed by atoms with Crippen molar-refractivity contribution in [2.45, 2.75) is 52.0 Å². The van der Waals surface area contributed by atoms with Gasteiger partial charge in [-0.15, -0.1) is 0 Å². The molecule has 5 nitrogen and oxygen atoms in total. The molecule has 33 heavy (non-hydrogen) atoms. The van der Waals surface area contributed by atoms with E-state index in [0.717, 1.165) is 28.7 Å². The summed E-state index contributed by atoms with van der Waals surface area (Å²) in [6.07, 6.45) is 0.801. The smallest absolute Gasteiger partial charge is 0.328 e. The summed E-state index contributed by atoms with van der Waals surface area (Å²) in [5.74, 6) is 1.01. The molecule has 1 aliphatic heterocycles. The number of ether oxygens (including phenoxy) is 3. The molecule has 0 aromatic heterocycles. The highest BCUT2D eigenvalue weighted by Gasteiger charge is 2.31. The predicted octanol–water partition coefficient (Wildman–Crippen LogP) is 5.37. The van der Waals surface area contributed by atoms with Crippen molar-refractivity contribution in [3.05, 3.63) is 95.1 Å². The largest absolute Gasteiger partial charge is 0.485 e. The molecule has 1 atom stereocenters. The summed E-state index contributed by atoms with van der Waals surface area (Å²) >= 11 is 0. The zero-order valence-corrected chi connectivity index (χ0v) is 19.5. The Morgan fingerprint density at radius 3 is 1.97 bits per heavy atom. The second-order valence-electron chi connectivity index (χ2n) is 9.22. The maximum atomic E-state index is 12.9. The number of rotatable bonds is 7. The van der Waals surface area contributed by atoms with Crippen LogP contribution in [0, 0.1) is 0 Å². The Morgan fingerprint density at radius 1 is 0.879 bits per heavy atom. The molecule has 5 heteroatoms. The van der Waals surface area contributed by atoms with Gasteiger partial charge in [-0.1, -0.05) is 60.7 Å². The lowest BCUT2D eigenvalue weighted by Crippen LogP contribution is -2.39. The number of hydrogen-bond acceptors (Lipinski definition) is 5. The van der Waals surface area contributed by atoms with Crippen LogP contribution in [0.3, 0.4) is 0 Å². The lowest BCUT2D eigenvalue weighted by atomic mass is 9.93. The second kappa shape index (κ2) is 10.1. The van der Waals surface area contributed by atoms with E-state index in [1.165, 1.54) is 0 Å². The van der Waals surface area contributed by atoms with Crippen LogP contribution in [0.5, 0.6) is 11.5 Å². The molecule has 0 aliphatic carbocycles. The minimum Gasteiger partial charge on any atom is -0.485 e. The van der Waals surface area contributed by atoms with Gasteiger partial charge in [-0.25, -0.2) is 4.79 Å². The number of nitrogens with one attached hydrogen (secondary N) is 1. The Balaban J connectivity index is 1.63. The van der Waals surface area contributed by atoms with Gasteiger partial charge in [-0.05, 0) is 61.6 Å². The SMILES string of the molecule is CC(C)(C)OC(=O)C1NCCc2cc(OCc3ccccc3)c(OCc3ccccc3)cc21. The van der Waals surface area contributed by atoms with E-state index in [0.29, 0.717) is 31.3 Å². The summed E-state index contributed by atoms with van der Waals surface area (Å²) in [4.78, 5) is 12.9. The van der Waals surface area contributed by atoms with Gasteiger partial charge in [-0.3, -0.25) is 0 Å². The third kappa shape index (κ3) is 6.14. The quantitative estimate of drug-likeness (QED) is 0.495.